The van der Waals surface area contributed by atoms with Crippen molar-refractivity contribution in [3.63, 3.8) is 0 Å². The summed E-state index contributed by atoms with van der Waals surface area (Å²) in [6.45, 7) is 0.554. The summed E-state index contributed by atoms with van der Waals surface area (Å²) in [7, 11) is 1.64. The summed E-state index contributed by atoms with van der Waals surface area (Å²) in [5.41, 5.74) is 1.69. The second-order valence-electron chi connectivity index (χ2n) is 7.78. The van der Waals surface area contributed by atoms with E-state index in [1.165, 1.54) is 0 Å². The summed E-state index contributed by atoms with van der Waals surface area (Å²) in [6.07, 6.45) is 7.59. The highest BCUT2D eigenvalue weighted by Gasteiger charge is 2.37. The van der Waals surface area contributed by atoms with Crippen LogP contribution in [-0.2, 0) is 22.4 Å². The van der Waals surface area contributed by atoms with E-state index >= 15 is 0 Å². The Kier molecular flexibility index (Phi) is 6.03. The van der Waals surface area contributed by atoms with Crippen molar-refractivity contribution in [1.29, 1.82) is 0 Å². The fourth-order valence-corrected chi connectivity index (χ4v) is 4.74. The number of nitrogens with one attached hydrogen (secondary N) is 2. The van der Waals surface area contributed by atoms with Gasteiger partial charge in [0.1, 0.15) is 5.75 Å². The molecule has 0 saturated carbocycles. The summed E-state index contributed by atoms with van der Waals surface area (Å²) < 4.78 is 7.30. The monoisotopic (exact) mass is 426 g/mol. The Morgan fingerprint density at radius 2 is 2.33 bits per heavy atom. The number of imidazole rings is 1. The minimum atomic E-state index is -0.380. The van der Waals surface area contributed by atoms with Crippen LogP contribution < -0.4 is 15.4 Å². The predicted octanol–water partition coefficient (Wildman–Crippen LogP) is 2.73. The van der Waals surface area contributed by atoms with Crippen molar-refractivity contribution in [3.8, 4) is 5.75 Å². The van der Waals surface area contributed by atoms with E-state index in [0.717, 1.165) is 28.4 Å². The molecule has 2 aromatic heterocycles. The van der Waals surface area contributed by atoms with Crippen LogP contribution in [0.15, 0.2) is 42.0 Å². The molecule has 0 aliphatic carbocycles. The summed E-state index contributed by atoms with van der Waals surface area (Å²) >= 11 is 1.59. The first-order chi connectivity index (χ1) is 14.5. The van der Waals surface area contributed by atoms with Gasteiger partial charge in [0.2, 0.25) is 11.8 Å². The van der Waals surface area contributed by atoms with E-state index in [-0.39, 0.29) is 17.4 Å². The Bertz CT molecular complexity index is 1020. The number of thiazole rings is 1. The summed E-state index contributed by atoms with van der Waals surface area (Å²) in [5.74, 6) is 0.851. The largest absolute Gasteiger partial charge is 0.497 e. The van der Waals surface area contributed by atoms with Crippen molar-refractivity contribution in [2.75, 3.05) is 13.7 Å². The fraction of sp³-hybridized carbons (Fsp3) is 0.409. The number of carbonyl (C=O) groups excluding carboxylic acids is 2. The Morgan fingerprint density at radius 3 is 3.10 bits per heavy atom. The standard InChI is InChI=1S/C22H26N4O3S/c1-29-18-4-2-3-16(13-18)14-22(9-6-20(28)25-22)8-5-19(27)23-10-7-17-15-26-11-12-30-21(26)24-17/h2-4,11-13,15H,5-10,14H2,1H3,(H,23,27)(H,25,28). The lowest BCUT2D eigenvalue weighted by atomic mass is 9.85. The molecular formula is C22H26N4O3S. The van der Waals surface area contributed by atoms with E-state index in [2.05, 4.69) is 15.6 Å². The van der Waals surface area contributed by atoms with Crippen molar-refractivity contribution in [2.45, 2.75) is 44.1 Å². The third-order valence-electron chi connectivity index (χ3n) is 5.59. The van der Waals surface area contributed by atoms with Crippen LogP contribution in [0.1, 0.15) is 36.9 Å². The number of hydrogen-bond acceptors (Lipinski definition) is 5. The number of amides is 2. The molecule has 3 heterocycles. The number of ether oxygens (including phenoxy) is 1. The first kappa shape index (κ1) is 20.4. The normalized spacial score (nSPS) is 18.5. The first-order valence-electron chi connectivity index (χ1n) is 10.2. The molecule has 1 aromatic carbocycles. The molecule has 0 bridgehead atoms. The van der Waals surface area contributed by atoms with E-state index in [9.17, 15) is 9.59 Å². The van der Waals surface area contributed by atoms with Crippen molar-refractivity contribution in [2.24, 2.45) is 0 Å². The molecule has 2 N–H and O–H groups in total. The Balaban J connectivity index is 1.30. The van der Waals surface area contributed by atoms with Gasteiger partial charge >= 0.3 is 0 Å². The summed E-state index contributed by atoms with van der Waals surface area (Å²) in [4.78, 5) is 29.9. The van der Waals surface area contributed by atoms with Crippen LogP contribution >= 0.6 is 11.3 Å². The smallest absolute Gasteiger partial charge is 0.220 e. The number of nitrogens with zero attached hydrogens (tertiary/aromatic N) is 2. The zero-order valence-corrected chi connectivity index (χ0v) is 17.8. The highest BCUT2D eigenvalue weighted by atomic mass is 32.1. The molecule has 1 saturated heterocycles. The zero-order valence-electron chi connectivity index (χ0n) is 17.0. The molecule has 4 rings (SSSR count). The van der Waals surface area contributed by atoms with Crippen molar-refractivity contribution in [1.82, 2.24) is 20.0 Å². The summed E-state index contributed by atoms with van der Waals surface area (Å²) in [6, 6.07) is 7.87. The van der Waals surface area contributed by atoms with Crippen molar-refractivity contribution in [3.05, 3.63) is 53.3 Å². The van der Waals surface area contributed by atoms with Gasteiger partial charge in [0.15, 0.2) is 4.96 Å². The van der Waals surface area contributed by atoms with Gasteiger partial charge in [0.25, 0.3) is 0 Å². The Hall–Kier alpha value is -2.87. The SMILES string of the molecule is COc1cccc(CC2(CCC(=O)NCCc3cn4ccsc4n3)CCC(=O)N2)c1. The molecule has 1 fully saturated rings. The van der Waals surface area contributed by atoms with Crippen LogP contribution in [0, 0.1) is 0 Å². The number of rotatable bonds is 9. The quantitative estimate of drug-likeness (QED) is 0.551. The van der Waals surface area contributed by atoms with Crippen molar-refractivity contribution >= 4 is 28.1 Å². The molecule has 1 aliphatic heterocycles. The molecule has 3 aromatic rings. The van der Waals surface area contributed by atoms with Gasteiger partial charge in [-0.05, 0) is 37.0 Å². The van der Waals surface area contributed by atoms with Gasteiger partial charge in [-0.15, -0.1) is 11.3 Å². The van der Waals surface area contributed by atoms with Gasteiger partial charge < -0.3 is 15.4 Å². The van der Waals surface area contributed by atoms with Crippen LogP contribution in [-0.4, -0.2) is 40.4 Å². The Morgan fingerprint density at radius 1 is 1.43 bits per heavy atom. The topological polar surface area (TPSA) is 84.7 Å². The van der Waals surface area contributed by atoms with Crippen LogP contribution in [0.4, 0.5) is 0 Å². The van der Waals surface area contributed by atoms with Crippen molar-refractivity contribution < 1.29 is 14.3 Å². The van der Waals surface area contributed by atoms with Gasteiger partial charge in [-0.1, -0.05) is 12.1 Å². The van der Waals surface area contributed by atoms with Gasteiger partial charge in [0, 0.05) is 49.1 Å². The number of hydrogen-bond donors (Lipinski definition) is 2. The fourth-order valence-electron chi connectivity index (χ4n) is 4.02. The molecule has 2 amide bonds. The molecular weight excluding hydrogens is 400 g/mol. The minimum Gasteiger partial charge on any atom is -0.497 e. The van der Waals surface area contributed by atoms with E-state index < -0.39 is 0 Å². The summed E-state index contributed by atoms with van der Waals surface area (Å²) in [5, 5.41) is 8.11. The van der Waals surface area contributed by atoms with Crippen LogP contribution in [0.5, 0.6) is 5.75 Å². The van der Waals surface area contributed by atoms with Gasteiger partial charge in [-0.25, -0.2) is 4.98 Å². The van der Waals surface area contributed by atoms with E-state index in [1.807, 2.05) is 46.4 Å². The molecule has 0 spiro atoms. The molecule has 1 aliphatic rings. The van der Waals surface area contributed by atoms with Gasteiger partial charge in [-0.3, -0.25) is 14.0 Å². The van der Waals surface area contributed by atoms with Crippen LogP contribution in [0.25, 0.3) is 4.96 Å². The number of methoxy groups -OCH3 is 1. The third kappa shape index (κ3) is 4.81. The highest BCUT2D eigenvalue weighted by Crippen LogP contribution is 2.30. The van der Waals surface area contributed by atoms with Crippen LogP contribution in [0.2, 0.25) is 0 Å². The lowest BCUT2D eigenvalue weighted by Crippen LogP contribution is -2.44. The Labute approximate surface area is 179 Å². The lowest BCUT2D eigenvalue weighted by Gasteiger charge is -2.29. The average molecular weight is 427 g/mol. The molecule has 30 heavy (non-hydrogen) atoms. The molecule has 158 valence electrons. The lowest BCUT2D eigenvalue weighted by molar-refractivity contribution is -0.122. The van der Waals surface area contributed by atoms with E-state index in [4.69, 9.17) is 4.74 Å². The maximum atomic E-state index is 12.4. The number of aromatic nitrogens is 2. The predicted molar refractivity (Wildman–Crippen MR) is 116 cm³/mol. The third-order valence-corrected chi connectivity index (χ3v) is 6.36. The van der Waals surface area contributed by atoms with E-state index in [1.54, 1.807) is 18.4 Å². The maximum absolute atomic E-state index is 12.4. The number of benzene rings is 1. The molecule has 1 unspecified atom stereocenters. The second kappa shape index (κ2) is 8.87. The van der Waals surface area contributed by atoms with Gasteiger partial charge in [0.05, 0.1) is 12.8 Å². The molecule has 7 nitrogen and oxygen atoms in total. The molecule has 1 atom stereocenters. The molecule has 8 heteroatoms. The highest BCUT2D eigenvalue weighted by molar-refractivity contribution is 7.15. The number of fused-ring (bicyclic) bond motifs is 1. The first-order valence-corrected chi connectivity index (χ1v) is 11.0. The van der Waals surface area contributed by atoms with Gasteiger partial charge in [-0.2, -0.15) is 0 Å². The molecule has 0 radical (unpaired) electrons. The van der Waals surface area contributed by atoms with E-state index in [0.29, 0.717) is 38.6 Å². The van der Waals surface area contributed by atoms with Crippen LogP contribution in [0.3, 0.4) is 0 Å². The number of carbonyl (C=O) groups is 2. The second-order valence-corrected chi connectivity index (χ2v) is 8.65. The zero-order chi connectivity index (χ0) is 21.0. The minimum absolute atomic E-state index is 0.00203. The average Bonchev–Trinajstić information content (AvgIpc) is 3.42. The maximum Gasteiger partial charge on any atom is 0.220 e.